The molecule has 0 saturated carbocycles. The monoisotopic (exact) mass is 374 g/mol. The number of thiophene rings is 1. The third-order valence-electron chi connectivity index (χ3n) is 3.47. The van der Waals surface area contributed by atoms with E-state index in [4.69, 9.17) is 17.3 Å². The van der Waals surface area contributed by atoms with Crippen LogP contribution < -0.4 is 11.1 Å². The highest BCUT2D eigenvalue weighted by atomic mass is 35.5. The van der Waals surface area contributed by atoms with E-state index in [2.05, 4.69) is 15.3 Å². The molecular formula is C17H15ClN4O2S. The summed E-state index contributed by atoms with van der Waals surface area (Å²) >= 11 is 7.11. The molecule has 0 aliphatic carbocycles. The molecule has 0 saturated heterocycles. The van der Waals surface area contributed by atoms with Gasteiger partial charge in [-0.25, -0.2) is 9.97 Å². The molecule has 0 aliphatic heterocycles. The van der Waals surface area contributed by atoms with Gasteiger partial charge in [0.15, 0.2) is 0 Å². The quantitative estimate of drug-likeness (QED) is 0.637. The number of hydrogen-bond donors (Lipinski definition) is 3. The van der Waals surface area contributed by atoms with Crippen LogP contribution in [0, 0.1) is 0 Å². The van der Waals surface area contributed by atoms with Gasteiger partial charge in [-0.3, -0.25) is 4.79 Å². The second-order valence-corrected chi connectivity index (χ2v) is 6.76. The van der Waals surface area contributed by atoms with Crippen LogP contribution in [0.5, 0.6) is 0 Å². The number of nitrogen functional groups attached to an aromatic ring is 1. The summed E-state index contributed by atoms with van der Waals surface area (Å²) in [5, 5.41) is 13.4. The Morgan fingerprint density at radius 2 is 2.00 bits per heavy atom. The van der Waals surface area contributed by atoms with E-state index in [0.717, 1.165) is 4.88 Å². The number of nitrogens with zero attached hydrogens (tertiary/aromatic N) is 2. The van der Waals surface area contributed by atoms with E-state index in [1.54, 1.807) is 48.7 Å². The highest BCUT2D eigenvalue weighted by Gasteiger charge is 2.14. The Balaban J connectivity index is 1.63. The molecule has 1 atom stereocenters. The minimum Gasteiger partial charge on any atom is -0.387 e. The molecule has 0 spiro atoms. The van der Waals surface area contributed by atoms with Gasteiger partial charge in [0.2, 0.25) is 5.95 Å². The normalized spacial score (nSPS) is 11.9. The van der Waals surface area contributed by atoms with E-state index in [9.17, 15) is 9.90 Å². The van der Waals surface area contributed by atoms with Gasteiger partial charge in [0, 0.05) is 17.8 Å². The maximum atomic E-state index is 12.3. The average molecular weight is 375 g/mol. The van der Waals surface area contributed by atoms with Crippen LogP contribution in [0.4, 0.5) is 5.95 Å². The Bertz CT molecular complexity index is 882. The first-order chi connectivity index (χ1) is 12.0. The number of aromatic nitrogens is 2. The fourth-order valence-electron chi connectivity index (χ4n) is 2.19. The molecule has 8 heteroatoms. The van der Waals surface area contributed by atoms with Gasteiger partial charge in [0.05, 0.1) is 21.6 Å². The number of carbonyl (C=O) groups is 1. The largest absolute Gasteiger partial charge is 0.387 e. The SMILES string of the molecule is Nc1nccc(-c2ccc(C(=O)NCC(O)c3ccc(Cl)cc3)s2)n1. The number of nitrogens with two attached hydrogens (primary N) is 1. The Hall–Kier alpha value is -2.48. The standard InChI is InChI=1S/C17H15ClN4O2S/c18-11-3-1-10(2-4-11)13(23)9-21-16(24)15-6-5-14(25-15)12-7-8-20-17(19)22-12/h1-8,13,23H,9H2,(H,21,24)(H2,19,20,22). The maximum Gasteiger partial charge on any atom is 0.261 e. The van der Waals surface area contributed by atoms with Crippen LogP contribution in [0.3, 0.4) is 0 Å². The molecular weight excluding hydrogens is 360 g/mol. The first kappa shape index (κ1) is 17.3. The molecule has 0 fully saturated rings. The number of benzene rings is 1. The van der Waals surface area contributed by atoms with Crippen molar-refractivity contribution < 1.29 is 9.90 Å². The molecule has 25 heavy (non-hydrogen) atoms. The highest BCUT2D eigenvalue weighted by Crippen LogP contribution is 2.26. The van der Waals surface area contributed by atoms with Crippen molar-refractivity contribution in [1.82, 2.24) is 15.3 Å². The van der Waals surface area contributed by atoms with Crippen LogP contribution in [-0.4, -0.2) is 27.5 Å². The van der Waals surface area contributed by atoms with Gasteiger partial charge in [0.25, 0.3) is 5.91 Å². The topological polar surface area (TPSA) is 101 Å². The zero-order chi connectivity index (χ0) is 17.8. The lowest BCUT2D eigenvalue weighted by Crippen LogP contribution is -2.27. The fraction of sp³-hybridized carbons (Fsp3) is 0.118. The zero-order valence-electron chi connectivity index (χ0n) is 13.0. The molecule has 4 N–H and O–H groups in total. The summed E-state index contributed by atoms with van der Waals surface area (Å²) in [6.45, 7) is 0.105. The Labute approximate surface area is 153 Å². The molecule has 0 bridgehead atoms. The van der Waals surface area contributed by atoms with Gasteiger partial charge < -0.3 is 16.2 Å². The van der Waals surface area contributed by atoms with E-state index in [1.807, 2.05) is 0 Å². The third-order valence-corrected chi connectivity index (χ3v) is 4.83. The Kier molecular flexibility index (Phi) is 5.28. The molecule has 2 aromatic heterocycles. The summed E-state index contributed by atoms with van der Waals surface area (Å²) in [6, 6.07) is 12.1. The van der Waals surface area contributed by atoms with Crippen molar-refractivity contribution in [2.24, 2.45) is 0 Å². The second kappa shape index (κ2) is 7.60. The summed E-state index contributed by atoms with van der Waals surface area (Å²) in [7, 11) is 0. The minimum absolute atomic E-state index is 0.105. The summed E-state index contributed by atoms with van der Waals surface area (Å²) < 4.78 is 0. The first-order valence-corrected chi connectivity index (χ1v) is 8.63. The number of amides is 1. The van der Waals surface area contributed by atoms with Crippen molar-refractivity contribution >= 4 is 34.8 Å². The summed E-state index contributed by atoms with van der Waals surface area (Å²) in [5.41, 5.74) is 6.93. The predicted molar refractivity (Wildman–Crippen MR) is 98.5 cm³/mol. The minimum atomic E-state index is -0.803. The van der Waals surface area contributed by atoms with E-state index < -0.39 is 6.10 Å². The predicted octanol–water partition coefficient (Wildman–Crippen LogP) is 2.90. The molecule has 3 rings (SSSR count). The van der Waals surface area contributed by atoms with Gasteiger partial charge in [-0.05, 0) is 35.9 Å². The summed E-state index contributed by atoms with van der Waals surface area (Å²) in [5.74, 6) is -0.0747. The van der Waals surface area contributed by atoms with Gasteiger partial charge in [-0.15, -0.1) is 11.3 Å². The third kappa shape index (κ3) is 4.33. The van der Waals surface area contributed by atoms with E-state index in [1.165, 1.54) is 11.3 Å². The summed E-state index contributed by atoms with van der Waals surface area (Å²) in [4.78, 5) is 21.6. The molecule has 1 amide bonds. The fourth-order valence-corrected chi connectivity index (χ4v) is 3.21. The van der Waals surface area contributed by atoms with Crippen molar-refractivity contribution in [2.45, 2.75) is 6.10 Å². The number of halogens is 1. The summed E-state index contributed by atoms with van der Waals surface area (Å²) in [6.07, 6.45) is 0.766. The van der Waals surface area contributed by atoms with Crippen LogP contribution in [0.15, 0.2) is 48.7 Å². The molecule has 0 radical (unpaired) electrons. The maximum absolute atomic E-state index is 12.3. The molecule has 1 unspecified atom stereocenters. The van der Waals surface area contributed by atoms with Crippen molar-refractivity contribution in [3.63, 3.8) is 0 Å². The van der Waals surface area contributed by atoms with Gasteiger partial charge >= 0.3 is 0 Å². The lowest BCUT2D eigenvalue weighted by Gasteiger charge is -2.11. The number of anilines is 1. The van der Waals surface area contributed by atoms with E-state index >= 15 is 0 Å². The van der Waals surface area contributed by atoms with Crippen LogP contribution >= 0.6 is 22.9 Å². The van der Waals surface area contributed by atoms with Gasteiger partial charge in [-0.1, -0.05) is 23.7 Å². The van der Waals surface area contributed by atoms with Crippen molar-refractivity contribution in [1.29, 1.82) is 0 Å². The number of rotatable bonds is 5. The molecule has 0 aliphatic rings. The van der Waals surface area contributed by atoms with Crippen LogP contribution in [0.25, 0.3) is 10.6 Å². The van der Waals surface area contributed by atoms with Crippen molar-refractivity contribution in [3.8, 4) is 10.6 Å². The number of aliphatic hydroxyl groups excluding tert-OH is 1. The van der Waals surface area contributed by atoms with Crippen LogP contribution in [-0.2, 0) is 0 Å². The van der Waals surface area contributed by atoms with Crippen molar-refractivity contribution in [3.05, 3.63) is 64.1 Å². The van der Waals surface area contributed by atoms with Crippen LogP contribution in [0.1, 0.15) is 21.3 Å². The lowest BCUT2D eigenvalue weighted by atomic mass is 10.1. The Morgan fingerprint density at radius 1 is 1.24 bits per heavy atom. The van der Waals surface area contributed by atoms with Gasteiger partial charge in [-0.2, -0.15) is 0 Å². The number of carbonyl (C=O) groups excluding carboxylic acids is 1. The first-order valence-electron chi connectivity index (χ1n) is 7.43. The average Bonchev–Trinajstić information content (AvgIpc) is 3.10. The lowest BCUT2D eigenvalue weighted by molar-refractivity contribution is 0.0920. The van der Waals surface area contributed by atoms with Crippen LogP contribution in [0.2, 0.25) is 5.02 Å². The number of nitrogens with one attached hydrogen (secondary N) is 1. The van der Waals surface area contributed by atoms with E-state index in [-0.39, 0.29) is 18.4 Å². The number of hydrogen-bond acceptors (Lipinski definition) is 6. The van der Waals surface area contributed by atoms with Gasteiger partial charge in [0.1, 0.15) is 0 Å². The Morgan fingerprint density at radius 3 is 2.72 bits per heavy atom. The molecule has 128 valence electrons. The zero-order valence-corrected chi connectivity index (χ0v) is 14.6. The molecule has 6 nitrogen and oxygen atoms in total. The number of aliphatic hydroxyl groups is 1. The van der Waals surface area contributed by atoms with E-state index in [0.29, 0.717) is 21.2 Å². The second-order valence-electron chi connectivity index (χ2n) is 5.24. The highest BCUT2D eigenvalue weighted by molar-refractivity contribution is 7.17. The smallest absolute Gasteiger partial charge is 0.261 e. The van der Waals surface area contributed by atoms with Crippen molar-refractivity contribution in [2.75, 3.05) is 12.3 Å². The molecule has 1 aromatic carbocycles. The molecule has 2 heterocycles. The molecule has 3 aromatic rings.